The summed E-state index contributed by atoms with van der Waals surface area (Å²) < 4.78 is 6.06. The highest BCUT2D eigenvalue weighted by Gasteiger charge is 2.27. The largest absolute Gasteiger partial charge is 0.444 e. The zero-order chi connectivity index (χ0) is 20.3. The summed E-state index contributed by atoms with van der Waals surface area (Å²) in [6.45, 7) is 7.69. The molecule has 0 saturated carbocycles. The van der Waals surface area contributed by atoms with Crippen LogP contribution in [0.15, 0.2) is 21.8 Å². The van der Waals surface area contributed by atoms with Crippen molar-refractivity contribution in [2.45, 2.75) is 26.4 Å². The molecule has 0 aliphatic carbocycles. The molecule has 3 heterocycles. The number of nitrogens with one attached hydrogen (secondary N) is 1. The molecular formula is C17H21BrN6O3S. The Morgan fingerprint density at radius 2 is 1.96 bits per heavy atom. The van der Waals surface area contributed by atoms with Crippen molar-refractivity contribution < 1.29 is 14.3 Å². The molecule has 2 aromatic rings. The Morgan fingerprint density at radius 1 is 1.25 bits per heavy atom. The number of ether oxygens (including phenoxy) is 1. The third kappa shape index (κ3) is 5.16. The standard InChI is InChI=1S/C17H21BrN6O3S/c1-17(2,3)27-16(26)24-6-4-23(5-7-24)13-11(8-19-10-20-13)21-14(25)12-9-28-15(18)22-12/h8-10H,4-7H2,1-3H3,(H,21,25). The normalized spacial score (nSPS) is 14.7. The average molecular weight is 469 g/mol. The van der Waals surface area contributed by atoms with E-state index >= 15 is 0 Å². The Balaban J connectivity index is 1.65. The van der Waals surface area contributed by atoms with E-state index in [2.05, 4.69) is 36.2 Å². The highest BCUT2D eigenvalue weighted by Crippen LogP contribution is 2.25. The third-order valence-electron chi connectivity index (χ3n) is 3.88. The molecule has 3 rings (SSSR count). The molecule has 1 fully saturated rings. The average Bonchev–Trinajstić information content (AvgIpc) is 3.07. The maximum Gasteiger partial charge on any atom is 0.410 e. The van der Waals surface area contributed by atoms with Gasteiger partial charge in [0.25, 0.3) is 5.91 Å². The van der Waals surface area contributed by atoms with Gasteiger partial charge in [-0.05, 0) is 36.7 Å². The fourth-order valence-electron chi connectivity index (χ4n) is 2.63. The van der Waals surface area contributed by atoms with Crippen LogP contribution in [-0.4, -0.2) is 63.6 Å². The predicted molar refractivity (Wildman–Crippen MR) is 110 cm³/mol. The Bertz CT molecular complexity index is 861. The van der Waals surface area contributed by atoms with E-state index in [1.165, 1.54) is 17.7 Å². The highest BCUT2D eigenvalue weighted by atomic mass is 79.9. The number of hydrogen-bond donors (Lipinski definition) is 1. The van der Waals surface area contributed by atoms with Crippen molar-refractivity contribution in [2.75, 3.05) is 36.4 Å². The summed E-state index contributed by atoms with van der Waals surface area (Å²) in [5.41, 5.74) is 0.298. The maximum atomic E-state index is 12.4. The van der Waals surface area contributed by atoms with Gasteiger partial charge in [-0.1, -0.05) is 0 Å². The third-order valence-corrected chi connectivity index (χ3v) is 5.24. The lowest BCUT2D eigenvalue weighted by Gasteiger charge is -2.36. The number of carbonyl (C=O) groups excluding carboxylic acids is 2. The molecule has 0 spiro atoms. The smallest absolute Gasteiger partial charge is 0.410 e. The molecule has 2 aromatic heterocycles. The van der Waals surface area contributed by atoms with Gasteiger partial charge in [0.05, 0.1) is 6.20 Å². The van der Waals surface area contributed by atoms with Crippen LogP contribution in [-0.2, 0) is 4.74 Å². The first-order valence-electron chi connectivity index (χ1n) is 8.68. The summed E-state index contributed by atoms with van der Waals surface area (Å²) in [6.07, 6.45) is 2.67. The molecule has 1 N–H and O–H groups in total. The minimum atomic E-state index is -0.525. The number of anilines is 2. The molecule has 1 saturated heterocycles. The Morgan fingerprint density at radius 3 is 2.57 bits per heavy atom. The molecule has 0 aromatic carbocycles. The topological polar surface area (TPSA) is 101 Å². The van der Waals surface area contributed by atoms with Crippen molar-refractivity contribution >= 4 is 50.8 Å². The molecule has 0 unspecified atom stereocenters. The summed E-state index contributed by atoms with van der Waals surface area (Å²) in [5.74, 6) is 0.284. The molecular weight excluding hydrogens is 448 g/mol. The van der Waals surface area contributed by atoms with Crippen molar-refractivity contribution in [3.05, 3.63) is 27.5 Å². The minimum absolute atomic E-state index is 0.321. The molecule has 0 radical (unpaired) electrons. The van der Waals surface area contributed by atoms with Gasteiger partial charge in [-0.2, -0.15) is 0 Å². The highest BCUT2D eigenvalue weighted by molar-refractivity contribution is 9.11. The van der Waals surface area contributed by atoms with Gasteiger partial charge in [0, 0.05) is 31.6 Å². The first kappa shape index (κ1) is 20.5. The summed E-state index contributed by atoms with van der Waals surface area (Å²) in [7, 11) is 0. The van der Waals surface area contributed by atoms with E-state index in [0.717, 1.165) is 0 Å². The summed E-state index contributed by atoms with van der Waals surface area (Å²) in [6, 6.07) is 0. The van der Waals surface area contributed by atoms with Gasteiger partial charge in [0.1, 0.15) is 23.3 Å². The number of thiazole rings is 1. The molecule has 2 amide bonds. The SMILES string of the molecule is CC(C)(C)OC(=O)N1CCN(c2ncncc2NC(=O)c2csc(Br)n2)CC1. The van der Waals surface area contributed by atoms with Gasteiger partial charge in [0.15, 0.2) is 9.73 Å². The molecule has 11 heteroatoms. The quantitative estimate of drug-likeness (QED) is 0.738. The number of amides is 2. The van der Waals surface area contributed by atoms with E-state index in [-0.39, 0.29) is 12.0 Å². The lowest BCUT2D eigenvalue weighted by atomic mass is 10.2. The number of hydrogen-bond acceptors (Lipinski definition) is 8. The molecule has 1 aliphatic rings. The van der Waals surface area contributed by atoms with Gasteiger partial charge < -0.3 is 19.9 Å². The van der Waals surface area contributed by atoms with Gasteiger partial charge >= 0.3 is 6.09 Å². The number of halogens is 1. The van der Waals surface area contributed by atoms with Crippen molar-refractivity contribution in [2.24, 2.45) is 0 Å². The lowest BCUT2D eigenvalue weighted by Crippen LogP contribution is -2.50. The van der Waals surface area contributed by atoms with Crippen molar-refractivity contribution in [3.63, 3.8) is 0 Å². The minimum Gasteiger partial charge on any atom is -0.444 e. The maximum absolute atomic E-state index is 12.4. The summed E-state index contributed by atoms with van der Waals surface area (Å²) in [4.78, 5) is 40.8. The number of carbonyl (C=O) groups is 2. The summed E-state index contributed by atoms with van der Waals surface area (Å²) >= 11 is 4.59. The van der Waals surface area contributed by atoms with E-state index in [1.54, 1.807) is 16.5 Å². The molecule has 150 valence electrons. The Hall–Kier alpha value is -2.27. The van der Waals surface area contributed by atoms with E-state index in [1.807, 2.05) is 25.7 Å². The van der Waals surface area contributed by atoms with Gasteiger partial charge in [0.2, 0.25) is 0 Å². The summed E-state index contributed by atoms with van der Waals surface area (Å²) in [5, 5.41) is 4.48. The second-order valence-corrected chi connectivity index (χ2v) is 9.29. The van der Waals surface area contributed by atoms with E-state index < -0.39 is 5.60 Å². The predicted octanol–water partition coefficient (Wildman–Crippen LogP) is 3.01. The number of aromatic nitrogens is 3. The van der Waals surface area contributed by atoms with Gasteiger partial charge in [-0.15, -0.1) is 11.3 Å². The van der Waals surface area contributed by atoms with Crippen LogP contribution in [0, 0.1) is 0 Å². The van der Waals surface area contributed by atoms with Crippen LogP contribution in [0.2, 0.25) is 0 Å². The Labute approximate surface area is 175 Å². The van der Waals surface area contributed by atoms with Crippen molar-refractivity contribution in [1.29, 1.82) is 0 Å². The first-order chi connectivity index (χ1) is 13.2. The Kier molecular flexibility index (Phi) is 6.14. The number of nitrogens with zero attached hydrogens (tertiary/aromatic N) is 5. The van der Waals surface area contributed by atoms with Crippen LogP contribution >= 0.6 is 27.3 Å². The van der Waals surface area contributed by atoms with Crippen molar-refractivity contribution in [3.8, 4) is 0 Å². The second-order valence-electron chi connectivity index (χ2n) is 7.15. The monoisotopic (exact) mass is 468 g/mol. The number of piperazine rings is 1. The van der Waals surface area contributed by atoms with Crippen LogP contribution < -0.4 is 10.2 Å². The molecule has 0 atom stereocenters. The van der Waals surface area contributed by atoms with E-state index in [0.29, 0.717) is 47.3 Å². The van der Waals surface area contributed by atoms with Crippen molar-refractivity contribution in [1.82, 2.24) is 19.9 Å². The number of rotatable bonds is 3. The van der Waals surface area contributed by atoms with Crippen LogP contribution in [0.25, 0.3) is 0 Å². The van der Waals surface area contributed by atoms with E-state index in [9.17, 15) is 9.59 Å². The molecule has 9 nitrogen and oxygen atoms in total. The lowest BCUT2D eigenvalue weighted by molar-refractivity contribution is 0.0240. The first-order valence-corrected chi connectivity index (χ1v) is 10.4. The van der Waals surface area contributed by atoms with Gasteiger partial charge in [-0.3, -0.25) is 4.79 Å². The van der Waals surface area contributed by atoms with Crippen LogP contribution in [0.1, 0.15) is 31.3 Å². The fraction of sp³-hybridized carbons (Fsp3) is 0.471. The van der Waals surface area contributed by atoms with Crippen LogP contribution in [0.5, 0.6) is 0 Å². The second kappa shape index (κ2) is 8.39. The van der Waals surface area contributed by atoms with E-state index in [4.69, 9.17) is 4.74 Å². The molecule has 1 aliphatic heterocycles. The molecule has 0 bridgehead atoms. The fourth-order valence-corrected chi connectivity index (χ4v) is 3.62. The zero-order valence-electron chi connectivity index (χ0n) is 15.8. The molecule has 28 heavy (non-hydrogen) atoms. The zero-order valence-corrected chi connectivity index (χ0v) is 18.2. The van der Waals surface area contributed by atoms with Crippen LogP contribution in [0.3, 0.4) is 0 Å². The van der Waals surface area contributed by atoms with Gasteiger partial charge in [-0.25, -0.2) is 19.7 Å². The van der Waals surface area contributed by atoms with Crippen LogP contribution in [0.4, 0.5) is 16.3 Å².